The maximum atomic E-state index is 12.7. The van der Waals surface area contributed by atoms with Crippen LogP contribution in [0.4, 0.5) is 5.69 Å². The number of carbonyl (C=O) groups is 3. The van der Waals surface area contributed by atoms with Gasteiger partial charge in [-0.25, -0.2) is 4.79 Å². The first-order chi connectivity index (χ1) is 15.4. The number of nitrogens with zero attached hydrogens (tertiary/aromatic N) is 2. The van der Waals surface area contributed by atoms with E-state index in [1.165, 1.54) is 11.0 Å². The molecule has 1 atom stereocenters. The number of rotatable bonds is 10. The average Bonchev–Trinajstić information content (AvgIpc) is 2.73. The Morgan fingerprint density at radius 3 is 2.27 bits per heavy atom. The number of hydrogen-bond donors (Lipinski definition) is 1. The van der Waals surface area contributed by atoms with Crippen LogP contribution in [-0.4, -0.2) is 56.2 Å². The first kappa shape index (κ1) is 26.1. The summed E-state index contributed by atoms with van der Waals surface area (Å²) in [6.45, 7) is 7.42. The molecular formula is C25H35N3O5. The third-order valence-corrected chi connectivity index (χ3v) is 5.57. The third-order valence-electron chi connectivity index (χ3n) is 5.57. The van der Waals surface area contributed by atoms with E-state index in [-0.39, 0.29) is 36.5 Å². The van der Waals surface area contributed by atoms with E-state index in [1.54, 1.807) is 13.1 Å². The van der Waals surface area contributed by atoms with E-state index in [2.05, 4.69) is 5.32 Å². The van der Waals surface area contributed by atoms with Gasteiger partial charge in [-0.1, -0.05) is 27.7 Å². The molecule has 180 valence electrons. The van der Waals surface area contributed by atoms with Crippen LogP contribution in [0.25, 0.3) is 11.0 Å². The molecule has 0 saturated carbocycles. The fraction of sp³-hybridized carbons (Fsp3) is 0.520. The van der Waals surface area contributed by atoms with Gasteiger partial charge in [-0.2, -0.15) is 0 Å². The predicted octanol–water partition coefficient (Wildman–Crippen LogP) is 2.62. The fourth-order valence-corrected chi connectivity index (χ4v) is 3.65. The molecular weight excluding hydrogens is 422 g/mol. The molecule has 0 aliphatic heterocycles. The molecule has 0 spiro atoms. The van der Waals surface area contributed by atoms with Crippen LogP contribution in [0.15, 0.2) is 33.5 Å². The standard InChI is InChI=1S/C25H35N3O5/c1-15(2)10-20(25(32)16(3)4)28(7)23(30)14-26-22(29)11-17-12-24(31)33-21-13-18(27(5)6)8-9-19(17)21/h8-9,12-13,15-16,20H,10-11,14H2,1-7H3,(H,26,29)/t20-/m1/s1. The highest BCUT2D eigenvalue weighted by molar-refractivity contribution is 5.93. The maximum Gasteiger partial charge on any atom is 0.336 e. The SMILES string of the molecule is CC(C)C[C@H](C(=O)C(C)C)N(C)C(=O)CNC(=O)Cc1cc(=O)oc2cc(N(C)C)ccc12. The van der Waals surface area contributed by atoms with Crippen LogP contribution < -0.4 is 15.8 Å². The van der Waals surface area contributed by atoms with Crippen LogP contribution in [0.1, 0.15) is 39.7 Å². The molecule has 8 nitrogen and oxygen atoms in total. The lowest BCUT2D eigenvalue weighted by molar-refractivity contribution is -0.140. The molecule has 0 unspecified atom stereocenters. The largest absolute Gasteiger partial charge is 0.423 e. The second-order valence-corrected chi connectivity index (χ2v) is 9.33. The molecule has 1 aromatic heterocycles. The topological polar surface area (TPSA) is 99.9 Å². The van der Waals surface area contributed by atoms with Gasteiger partial charge in [0.15, 0.2) is 5.78 Å². The summed E-state index contributed by atoms with van der Waals surface area (Å²) in [5.41, 5.74) is 1.25. The number of carbonyl (C=O) groups excluding carboxylic acids is 3. The van der Waals surface area contributed by atoms with Crippen molar-refractivity contribution in [2.45, 2.75) is 46.6 Å². The van der Waals surface area contributed by atoms with Gasteiger partial charge < -0.3 is 19.5 Å². The number of Topliss-reactive ketones (excluding diaryl/α,β-unsaturated/α-hetero) is 1. The number of nitrogens with one attached hydrogen (secondary N) is 1. The summed E-state index contributed by atoms with van der Waals surface area (Å²) >= 11 is 0. The summed E-state index contributed by atoms with van der Waals surface area (Å²) in [4.78, 5) is 53.2. The number of amides is 2. The van der Waals surface area contributed by atoms with Crippen molar-refractivity contribution in [3.05, 3.63) is 40.2 Å². The Hall–Kier alpha value is -3.16. The normalized spacial score (nSPS) is 12.2. The maximum absolute atomic E-state index is 12.7. The van der Waals surface area contributed by atoms with Crippen molar-refractivity contribution in [3.8, 4) is 0 Å². The molecule has 2 aromatic rings. The van der Waals surface area contributed by atoms with E-state index in [0.717, 1.165) is 5.69 Å². The molecule has 0 aliphatic carbocycles. The molecule has 8 heteroatoms. The van der Waals surface area contributed by atoms with Crippen molar-refractivity contribution in [2.75, 3.05) is 32.6 Å². The van der Waals surface area contributed by atoms with Crippen LogP contribution in [0.5, 0.6) is 0 Å². The van der Waals surface area contributed by atoms with Crippen LogP contribution in [0, 0.1) is 11.8 Å². The summed E-state index contributed by atoms with van der Waals surface area (Å²) in [6, 6.07) is 6.21. The lowest BCUT2D eigenvalue weighted by Crippen LogP contribution is -2.48. The molecule has 2 amide bonds. The van der Waals surface area contributed by atoms with Gasteiger partial charge in [0.05, 0.1) is 19.0 Å². The smallest absolute Gasteiger partial charge is 0.336 e. The number of ketones is 1. The summed E-state index contributed by atoms with van der Waals surface area (Å²) < 4.78 is 5.30. The first-order valence-electron chi connectivity index (χ1n) is 11.2. The zero-order valence-corrected chi connectivity index (χ0v) is 20.6. The van der Waals surface area contributed by atoms with E-state index < -0.39 is 17.6 Å². The van der Waals surface area contributed by atoms with Gasteiger partial charge >= 0.3 is 5.63 Å². The predicted molar refractivity (Wildman–Crippen MR) is 129 cm³/mol. The lowest BCUT2D eigenvalue weighted by atomic mass is 9.93. The summed E-state index contributed by atoms with van der Waals surface area (Å²) in [6.07, 6.45) is 0.495. The summed E-state index contributed by atoms with van der Waals surface area (Å²) in [7, 11) is 5.36. The van der Waals surface area contributed by atoms with Crippen molar-refractivity contribution in [3.63, 3.8) is 0 Å². The number of benzene rings is 1. The molecule has 1 N–H and O–H groups in total. The van der Waals surface area contributed by atoms with Crippen molar-refractivity contribution in [1.29, 1.82) is 0 Å². The molecule has 33 heavy (non-hydrogen) atoms. The van der Waals surface area contributed by atoms with Gasteiger partial charge in [0.2, 0.25) is 11.8 Å². The van der Waals surface area contributed by atoms with E-state index in [9.17, 15) is 19.2 Å². The van der Waals surface area contributed by atoms with Crippen molar-refractivity contribution in [2.24, 2.45) is 11.8 Å². The Balaban J connectivity index is 2.10. The Morgan fingerprint density at radius 2 is 1.70 bits per heavy atom. The van der Waals surface area contributed by atoms with Crippen LogP contribution in [0.2, 0.25) is 0 Å². The Morgan fingerprint density at radius 1 is 1.03 bits per heavy atom. The minimum Gasteiger partial charge on any atom is -0.423 e. The van der Waals surface area contributed by atoms with E-state index in [0.29, 0.717) is 23.0 Å². The Bertz CT molecular complexity index is 1070. The van der Waals surface area contributed by atoms with Crippen molar-refractivity contribution < 1.29 is 18.8 Å². The average molecular weight is 458 g/mol. The number of fused-ring (bicyclic) bond motifs is 1. The van der Waals surface area contributed by atoms with Gasteiger partial charge in [0.1, 0.15) is 5.58 Å². The highest BCUT2D eigenvalue weighted by Crippen LogP contribution is 2.23. The summed E-state index contributed by atoms with van der Waals surface area (Å²) in [5.74, 6) is -0.671. The summed E-state index contributed by atoms with van der Waals surface area (Å²) in [5, 5.41) is 3.28. The molecule has 0 fully saturated rings. The monoisotopic (exact) mass is 457 g/mol. The molecule has 0 aliphatic rings. The van der Waals surface area contributed by atoms with Crippen molar-refractivity contribution in [1.82, 2.24) is 10.2 Å². The van der Waals surface area contributed by atoms with E-state index in [1.807, 2.05) is 58.8 Å². The Labute approximate surface area is 194 Å². The molecule has 1 heterocycles. The quantitative estimate of drug-likeness (QED) is 0.551. The number of likely N-dealkylation sites (N-methyl/N-ethyl adjacent to an activating group) is 1. The van der Waals surface area contributed by atoms with Gasteiger partial charge in [0, 0.05) is 50.3 Å². The highest BCUT2D eigenvalue weighted by atomic mass is 16.4. The van der Waals surface area contributed by atoms with Crippen LogP contribution in [-0.2, 0) is 20.8 Å². The molecule has 2 rings (SSSR count). The zero-order valence-electron chi connectivity index (χ0n) is 20.6. The van der Waals surface area contributed by atoms with Crippen LogP contribution >= 0.6 is 0 Å². The first-order valence-corrected chi connectivity index (χ1v) is 11.2. The minimum absolute atomic E-state index is 0.00505. The van der Waals surface area contributed by atoms with Gasteiger partial charge in [-0.05, 0) is 30.0 Å². The second-order valence-electron chi connectivity index (χ2n) is 9.33. The highest BCUT2D eigenvalue weighted by Gasteiger charge is 2.29. The second kappa shape index (κ2) is 11.1. The number of hydrogen-bond acceptors (Lipinski definition) is 6. The minimum atomic E-state index is -0.541. The van der Waals surface area contributed by atoms with Gasteiger partial charge in [0.25, 0.3) is 0 Å². The zero-order chi connectivity index (χ0) is 24.9. The molecule has 0 bridgehead atoms. The molecule has 0 saturated heterocycles. The number of anilines is 1. The van der Waals surface area contributed by atoms with Crippen molar-refractivity contribution >= 4 is 34.3 Å². The third kappa shape index (κ3) is 6.91. The molecule has 1 aromatic carbocycles. The van der Waals surface area contributed by atoms with Gasteiger partial charge in [-0.3, -0.25) is 14.4 Å². The van der Waals surface area contributed by atoms with Gasteiger partial charge in [-0.15, -0.1) is 0 Å². The molecule has 0 radical (unpaired) electrons. The van der Waals surface area contributed by atoms with E-state index in [4.69, 9.17) is 4.42 Å². The lowest BCUT2D eigenvalue weighted by Gasteiger charge is -2.30. The van der Waals surface area contributed by atoms with Crippen LogP contribution in [0.3, 0.4) is 0 Å². The Kier molecular flexibility index (Phi) is 8.79. The van der Waals surface area contributed by atoms with E-state index >= 15 is 0 Å². The fourth-order valence-electron chi connectivity index (χ4n) is 3.65.